The average molecular weight is 291 g/mol. The lowest BCUT2D eigenvalue weighted by Crippen LogP contribution is -1.95. The zero-order valence-electron chi connectivity index (χ0n) is 11.3. The van der Waals surface area contributed by atoms with Gasteiger partial charge in [-0.2, -0.15) is 0 Å². The fourth-order valence-corrected chi connectivity index (χ4v) is 3.14. The molecule has 0 radical (unpaired) electrons. The van der Waals surface area contributed by atoms with Crippen molar-refractivity contribution in [3.8, 4) is 11.1 Å². The number of imidazole rings is 1. The quantitative estimate of drug-likeness (QED) is 0.566. The van der Waals surface area contributed by atoms with Gasteiger partial charge in [-0.1, -0.05) is 30.3 Å². The van der Waals surface area contributed by atoms with E-state index in [4.69, 9.17) is 0 Å². The maximum Gasteiger partial charge on any atom is 0.0949 e. The normalized spacial score (nSPS) is 11.0. The first-order chi connectivity index (χ1) is 10.4. The van der Waals surface area contributed by atoms with E-state index in [0.29, 0.717) is 0 Å². The van der Waals surface area contributed by atoms with Gasteiger partial charge in [-0.05, 0) is 28.8 Å². The first-order valence-corrected chi connectivity index (χ1v) is 7.65. The van der Waals surface area contributed by atoms with Gasteiger partial charge in [0.25, 0.3) is 0 Å². The second kappa shape index (κ2) is 5.14. The lowest BCUT2D eigenvalue weighted by atomic mass is 10.0. The molecule has 2 aromatic heterocycles. The molecular weight excluding hydrogens is 278 g/mol. The van der Waals surface area contributed by atoms with Crippen LogP contribution in [0.15, 0.2) is 66.7 Å². The van der Waals surface area contributed by atoms with Gasteiger partial charge in [0, 0.05) is 18.9 Å². The highest BCUT2D eigenvalue weighted by Gasteiger charge is 2.02. The van der Waals surface area contributed by atoms with Gasteiger partial charge in [0.1, 0.15) is 0 Å². The Balaban J connectivity index is 1.63. The van der Waals surface area contributed by atoms with Crippen LogP contribution in [0.25, 0.3) is 21.3 Å². The summed E-state index contributed by atoms with van der Waals surface area (Å²) in [7, 11) is 0. The minimum Gasteiger partial charge on any atom is -0.333 e. The topological polar surface area (TPSA) is 30.7 Å². The number of rotatable bonds is 3. The van der Waals surface area contributed by atoms with Crippen LogP contribution in [0.2, 0.25) is 0 Å². The molecule has 2 heterocycles. The van der Waals surface area contributed by atoms with Crippen LogP contribution in [0.5, 0.6) is 0 Å². The molecule has 0 unspecified atom stereocenters. The van der Waals surface area contributed by atoms with Crippen molar-refractivity contribution in [2.45, 2.75) is 6.54 Å². The summed E-state index contributed by atoms with van der Waals surface area (Å²) >= 11 is 1.68. The van der Waals surface area contributed by atoms with Gasteiger partial charge >= 0.3 is 0 Å². The number of benzene rings is 2. The van der Waals surface area contributed by atoms with Crippen LogP contribution < -0.4 is 0 Å². The number of hydrogen-bond acceptors (Lipinski definition) is 3. The molecule has 102 valence electrons. The van der Waals surface area contributed by atoms with Crippen LogP contribution in [0.1, 0.15) is 5.56 Å². The van der Waals surface area contributed by atoms with Crippen LogP contribution in [0, 0.1) is 0 Å². The molecule has 21 heavy (non-hydrogen) atoms. The molecule has 0 spiro atoms. The van der Waals surface area contributed by atoms with E-state index in [-0.39, 0.29) is 0 Å². The van der Waals surface area contributed by atoms with Crippen LogP contribution >= 0.6 is 11.3 Å². The van der Waals surface area contributed by atoms with E-state index in [1.54, 1.807) is 17.5 Å². The van der Waals surface area contributed by atoms with Crippen LogP contribution in [-0.2, 0) is 6.54 Å². The fraction of sp³-hybridized carbons (Fsp3) is 0.0588. The van der Waals surface area contributed by atoms with Gasteiger partial charge in [0.2, 0.25) is 0 Å². The highest BCUT2D eigenvalue weighted by atomic mass is 32.1. The Morgan fingerprint density at radius 3 is 2.67 bits per heavy atom. The van der Waals surface area contributed by atoms with Crippen LogP contribution in [0.3, 0.4) is 0 Å². The van der Waals surface area contributed by atoms with Gasteiger partial charge in [0.05, 0.1) is 22.1 Å². The molecule has 0 aliphatic heterocycles. The smallest absolute Gasteiger partial charge is 0.0949 e. The third-order valence-corrected chi connectivity index (χ3v) is 4.33. The third-order valence-electron chi connectivity index (χ3n) is 3.54. The average Bonchev–Trinajstić information content (AvgIpc) is 3.18. The van der Waals surface area contributed by atoms with E-state index in [2.05, 4.69) is 57.0 Å². The van der Waals surface area contributed by atoms with Crippen molar-refractivity contribution >= 4 is 21.6 Å². The van der Waals surface area contributed by atoms with E-state index in [1.807, 2.05) is 18.0 Å². The monoisotopic (exact) mass is 291 g/mol. The van der Waals surface area contributed by atoms with E-state index in [1.165, 1.54) is 21.4 Å². The highest BCUT2D eigenvalue weighted by Crippen LogP contribution is 2.26. The van der Waals surface area contributed by atoms with Crippen molar-refractivity contribution < 1.29 is 0 Å². The van der Waals surface area contributed by atoms with Crippen molar-refractivity contribution in [2.75, 3.05) is 0 Å². The predicted octanol–water partition coefficient (Wildman–Crippen LogP) is 4.21. The maximum absolute atomic E-state index is 4.32. The summed E-state index contributed by atoms with van der Waals surface area (Å²) in [6.07, 6.45) is 5.62. The molecule has 4 aromatic rings. The van der Waals surface area contributed by atoms with Gasteiger partial charge in [0.15, 0.2) is 0 Å². The second-order valence-corrected chi connectivity index (χ2v) is 5.85. The first kappa shape index (κ1) is 12.3. The third kappa shape index (κ3) is 2.45. The molecule has 0 aliphatic rings. The molecule has 0 saturated heterocycles. The molecular formula is C17H13N3S. The van der Waals surface area contributed by atoms with Crippen molar-refractivity contribution in [3.63, 3.8) is 0 Å². The number of fused-ring (bicyclic) bond motifs is 1. The van der Waals surface area contributed by atoms with Crippen molar-refractivity contribution in [1.29, 1.82) is 0 Å². The van der Waals surface area contributed by atoms with Crippen LogP contribution in [0.4, 0.5) is 0 Å². The minimum absolute atomic E-state index is 0.855. The van der Waals surface area contributed by atoms with E-state index < -0.39 is 0 Å². The summed E-state index contributed by atoms with van der Waals surface area (Å²) in [6, 6.07) is 15.1. The minimum atomic E-state index is 0.855. The summed E-state index contributed by atoms with van der Waals surface area (Å²) in [4.78, 5) is 8.38. The Morgan fingerprint density at radius 2 is 1.86 bits per heavy atom. The van der Waals surface area contributed by atoms with E-state index in [0.717, 1.165) is 12.1 Å². The summed E-state index contributed by atoms with van der Waals surface area (Å²) in [5, 5.41) is 0. The molecule has 2 aromatic carbocycles. The van der Waals surface area contributed by atoms with Crippen molar-refractivity contribution in [2.24, 2.45) is 0 Å². The van der Waals surface area contributed by atoms with Crippen molar-refractivity contribution in [1.82, 2.24) is 14.5 Å². The molecule has 0 atom stereocenters. The summed E-state index contributed by atoms with van der Waals surface area (Å²) in [5.41, 5.74) is 6.71. The number of nitrogens with zero attached hydrogens (tertiary/aromatic N) is 3. The standard InChI is InChI=1S/C17H13N3S/c1-3-14(4-2-13(1)10-20-8-7-18-11-20)15-5-6-16-17(9-15)21-12-19-16/h1-9,11-12H,10H2. The van der Waals surface area contributed by atoms with Gasteiger partial charge in [-0.15, -0.1) is 11.3 Å². The molecule has 0 amide bonds. The zero-order valence-corrected chi connectivity index (χ0v) is 12.1. The molecule has 0 bridgehead atoms. The SMILES string of the molecule is c1cn(Cc2ccc(-c3ccc4ncsc4c3)cc2)cn1. The first-order valence-electron chi connectivity index (χ1n) is 6.77. The molecule has 3 nitrogen and oxygen atoms in total. The zero-order chi connectivity index (χ0) is 14.1. The fourth-order valence-electron chi connectivity index (χ4n) is 2.43. The summed E-state index contributed by atoms with van der Waals surface area (Å²) in [5.74, 6) is 0. The summed E-state index contributed by atoms with van der Waals surface area (Å²) < 4.78 is 3.30. The molecule has 0 aliphatic carbocycles. The molecule has 4 rings (SSSR count). The predicted molar refractivity (Wildman–Crippen MR) is 86.4 cm³/mol. The van der Waals surface area contributed by atoms with Crippen molar-refractivity contribution in [3.05, 3.63) is 72.3 Å². The number of thiazole rings is 1. The molecule has 4 heteroatoms. The van der Waals surface area contributed by atoms with Gasteiger partial charge in [-0.25, -0.2) is 9.97 Å². The lowest BCUT2D eigenvalue weighted by molar-refractivity contribution is 0.797. The van der Waals surface area contributed by atoms with Crippen LogP contribution in [-0.4, -0.2) is 14.5 Å². The highest BCUT2D eigenvalue weighted by molar-refractivity contribution is 7.16. The number of aromatic nitrogens is 3. The molecule has 0 fully saturated rings. The lowest BCUT2D eigenvalue weighted by Gasteiger charge is -2.05. The van der Waals surface area contributed by atoms with E-state index >= 15 is 0 Å². The van der Waals surface area contributed by atoms with Gasteiger partial charge in [-0.3, -0.25) is 0 Å². The maximum atomic E-state index is 4.32. The van der Waals surface area contributed by atoms with E-state index in [9.17, 15) is 0 Å². The molecule has 0 saturated carbocycles. The van der Waals surface area contributed by atoms with Gasteiger partial charge < -0.3 is 4.57 Å². The Labute approximate surface area is 126 Å². The Hall–Kier alpha value is -2.46. The second-order valence-electron chi connectivity index (χ2n) is 4.97. The Bertz CT molecular complexity index is 861. The largest absolute Gasteiger partial charge is 0.333 e. The Morgan fingerprint density at radius 1 is 1.00 bits per heavy atom. The Kier molecular flexibility index (Phi) is 3.01. The molecule has 0 N–H and O–H groups in total. The summed E-state index contributed by atoms with van der Waals surface area (Å²) in [6.45, 7) is 0.855. The number of hydrogen-bond donors (Lipinski definition) is 0.